The van der Waals surface area contributed by atoms with Crippen LogP contribution in [0.2, 0.25) is 0 Å². The van der Waals surface area contributed by atoms with Crippen molar-refractivity contribution in [3.05, 3.63) is 58.9 Å². The summed E-state index contributed by atoms with van der Waals surface area (Å²) in [6, 6.07) is 9.13. The van der Waals surface area contributed by atoms with Gasteiger partial charge in [0.2, 0.25) is 0 Å². The largest absolute Gasteiger partial charge is 0.320 e. The second kappa shape index (κ2) is 6.69. The summed E-state index contributed by atoms with van der Waals surface area (Å²) in [4.78, 5) is 16.5. The van der Waals surface area contributed by atoms with E-state index in [0.717, 1.165) is 16.8 Å². The summed E-state index contributed by atoms with van der Waals surface area (Å²) < 4.78 is 0. The van der Waals surface area contributed by atoms with Crippen LogP contribution in [0, 0.1) is 25.7 Å². The first-order valence-electron chi connectivity index (χ1n) is 6.64. The van der Waals surface area contributed by atoms with E-state index in [0.29, 0.717) is 17.8 Å². The third-order valence-electron chi connectivity index (χ3n) is 2.93. The van der Waals surface area contributed by atoms with Gasteiger partial charge in [-0.3, -0.25) is 9.78 Å². The van der Waals surface area contributed by atoms with Crippen LogP contribution >= 0.6 is 0 Å². The monoisotopic (exact) mass is 279 g/mol. The molecule has 4 nitrogen and oxygen atoms in total. The lowest BCUT2D eigenvalue weighted by Gasteiger charge is -2.08. The second-order valence-electron chi connectivity index (χ2n) is 4.68. The summed E-state index contributed by atoms with van der Waals surface area (Å²) in [5.74, 6) is 5.57. The minimum absolute atomic E-state index is 0.175. The van der Waals surface area contributed by atoms with Crippen molar-refractivity contribution in [1.82, 2.24) is 4.98 Å². The quantitative estimate of drug-likeness (QED) is 0.829. The van der Waals surface area contributed by atoms with Crippen molar-refractivity contribution in [3.8, 4) is 11.8 Å². The van der Waals surface area contributed by atoms with Crippen LogP contribution in [-0.2, 0) is 0 Å². The van der Waals surface area contributed by atoms with Crippen LogP contribution in [0.1, 0.15) is 27.2 Å². The lowest BCUT2D eigenvalue weighted by Crippen LogP contribution is -2.13. The van der Waals surface area contributed by atoms with Gasteiger partial charge in [0.05, 0.1) is 17.9 Å². The molecule has 1 aromatic carbocycles. The van der Waals surface area contributed by atoms with Gasteiger partial charge in [0.25, 0.3) is 5.91 Å². The maximum absolute atomic E-state index is 12.3. The molecule has 0 radical (unpaired) electrons. The van der Waals surface area contributed by atoms with Crippen molar-refractivity contribution in [2.45, 2.75) is 13.8 Å². The zero-order valence-electron chi connectivity index (χ0n) is 12.1. The van der Waals surface area contributed by atoms with Crippen molar-refractivity contribution >= 4 is 11.6 Å². The highest BCUT2D eigenvalue weighted by molar-refractivity contribution is 6.04. The Kier molecular flexibility index (Phi) is 4.70. The summed E-state index contributed by atoms with van der Waals surface area (Å²) in [5.41, 5.74) is 9.19. The van der Waals surface area contributed by atoms with E-state index in [-0.39, 0.29) is 5.91 Å². The number of hydrogen-bond donors (Lipinski definition) is 2. The van der Waals surface area contributed by atoms with Crippen LogP contribution in [0.3, 0.4) is 0 Å². The highest BCUT2D eigenvalue weighted by atomic mass is 16.1. The summed E-state index contributed by atoms with van der Waals surface area (Å²) >= 11 is 0. The number of aromatic nitrogens is 1. The zero-order chi connectivity index (χ0) is 15.2. The fraction of sp³-hybridized carbons (Fsp3) is 0.176. The molecule has 21 heavy (non-hydrogen) atoms. The fourth-order valence-corrected chi connectivity index (χ4v) is 1.95. The van der Waals surface area contributed by atoms with Gasteiger partial charge in [-0.15, -0.1) is 0 Å². The van der Waals surface area contributed by atoms with Gasteiger partial charge in [-0.25, -0.2) is 0 Å². The Morgan fingerprint density at radius 3 is 2.86 bits per heavy atom. The molecule has 0 aliphatic carbocycles. The van der Waals surface area contributed by atoms with Crippen molar-refractivity contribution in [3.63, 3.8) is 0 Å². The molecule has 0 aliphatic rings. The highest BCUT2D eigenvalue weighted by Gasteiger charge is 2.09. The molecule has 4 heteroatoms. The summed E-state index contributed by atoms with van der Waals surface area (Å²) in [6.45, 7) is 4.08. The van der Waals surface area contributed by atoms with Crippen molar-refractivity contribution in [1.29, 1.82) is 0 Å². The van der Waals surface area contributed by atoms with E-state index in [1.54, 1.807) is 18.3 Å². The maximum atomic E-state index is 12.3. The minimum Gasteiger partial charge on any atom is -0.320 e. The molecule has 3 N–H and O–H groups in total. The number of nitrogens with zero attached hydrogens (tertiary/aromatic N) is 1. The van der Waals surface area contributed by atoms with Gasteiger partial charge in [-0.2, -0.15) is 0 Å². The van der Waals surface area contributed by atoms with E-state index in [4.69, 9.17) is 5.73 Å². The predicted molar refractivity (Wildman–Crippen MR) is 84.0 cm³/mol. The number of carbonyl (C=O) groups is 1. The molecule has 0 saturated carbocycles. The molecule has 106 valence electrons. The van der Waals surface area contributed by atoms with Crippen LogP contribution in [0.25, 0.3) is 0 Å². The molecule has 2 aromatic rings. The molecule has 0 bridgehead atoms. The standard InChI is InChI=1S/C17H17N3O/c1-12-9-14(5-3-7-18)11-15(10-12)17(21)20-16-6-4-8-19-13(16)2/h4,6,8-11H,7,18H2,1-2H3,(H,20,21). The Hall–Kier alpha value is -2.64. The van der Waals surface area contributed by atoms with E-state index >= 15 is 0 Å². The van der Waals surface area contributed by atoms with E-state index in [1.807, 2.05) is 32.0 Å². The number of benzene rings is 1. The second-order valence-corrected chi connectivity index (χ2v) is 4.68. The lowest BCUT2D eigenvalue weighted by atomic mass is 10.1. The molecule has 0 saturated heterocycles. The number of nitrogens with one attached hydrogen (secondary N) is 1. The maximum Gasteiger partial charge on any atom is 0.255 e. The number of amides is 1. The Morgan fingerprint density at radius 1 is 1.33 bits per heavy atom. The van der Waals surface area contributed by atoms with Gasteiger partial charge in [0.15, 0.2) is 0 Å². The smallest absolute Gasteiger partial charge is 0.255 e. The van der Waals surface area contributed by atoms with Gasteiger partial charge in [-0.1, -0.05) is 11.8 Å². The third-order valence-corrected chi connectivity index (χ3v) is 2.93. The Balaban J connectivity index is 2.27. The Bertz CT molecular complexity index is 726. The molecule has 0 atom stereocenters. The fourth-order valence-electron chi connectivity index (χ4n) is 1.95. The van der Waals surface area contributed by atoms with Crippen molar-refractivity contribution in [2.75, 3.05) is 11.9 Å². The molecule has 0 aliphatic heterocycles. The lowest BCUT2D eigenvalue weighted by molar-refractivity contribution is 0.102. The Labute approximate surface area is 124 Å². The number of rotatable bonds is 2. The van der Waals surface area contributed by atoms with Gasteiger partial charge in [0.1, 0.15) is 0 Å². The number of anilines is 1. The average molecular weight is 279 g/mol. The number of carbonyl (C=O) groups excluding carboxylic acids is 1. The highest BCUT2D eigenvalue weighted by Crippen LogP contribution is 2.14. The molecule has 0 fully saturated rings. The molecule has 1 aromatic heterocycles. The van der Waals surface area contributed by atoms with Gasteiger partial charge in [-0.05, 0) is 49.7 Å². The molecular weight excluding hydrogens is 262 g/mol. The third kappa shape index (κ3) is 3.91. The molecular formula is C17H17N3O. The molecule has 2 rings (SSSR count). The summed E-state index contributed by atoms with van der Waals surface area (Å²) in [5, 5.41) is 2.86. The van der Waals surface area contributed by atoms with E-state index in [1.165, 1.54) is 0 Å². The van der Waals surface area contributed by atoms with Crippen molar-refractivity contribution in [2.24, 2.45) is 5.73 Å². The van der Waals surface area contributed by atoms with Crippen LogP contribution in [0.15, 0.2) is 36.5 Å². The summed E-state index contributed by atoms with van der Waals surface area (Å²) in [7, 11) is 0. The topological polar surface area (TPSA) is 68.0 Å². The summed E-state index contributed by atoms with van der Waals surface area (Å²) in [6.07, 6.45) is 1.69. The molecule has 0 unspecified atom stereocenters. The first kappa shape index (κ1) is 14.8. The van der Waals surface area contributed by atoms with Crippen LogP contribution in [0.5, 0.6) is 0 Å². The van der Waals surface area contributed by atoms with Gasteiger partial charge < -0.3 is 11.1 Å². The predicted octanol–water partition coefficient (Wildman–Crippen LogP) is 2.26. The van der Waals surface area contributed by atoms with Crippen molar-refractivity contribution < 1.29 is 4.79 Å². The number of pyridine rings is 1. The average Bonchev–Trinajstić information content (AvgIpc) is 2.47. The minimum atomic E-state index is -0.175. The van der Waals surface area contributed by atoms with Gasteiger partial charge >= 0.3 is 0 Å². The number of aryl methyl sites for hydroxylation is 2. The number of nitrogens with two attached hydrogens (primary N) is 1. The zero-order valence-corrected chi connectivity index (χ0v) is 12.1. The van der Waals surface area contributed by atoms with Crippen LogP contribution < -0.4 is 11.1 Å². The first-order chi connectivity index (χ1) is 10.1. The Morgan fingerprint density at radius 2 is 2.14 bits per heavy atom. The van der Waals surface area contributed by atoms with E-state index < -0.39 is 0 Å². The number of hydrogen-bond acceptors (Lipinski definition) is 3. The first-order valence-corrected chi connectivity index (χ1v) is 6.64. The SMILES string of the molecule is Cc1cc(C#CCN)cc(C(=O)Nc2cccnc2C)c1. The van der Waals surface area contributed by atoms with E-state index in [2.05, 4.69) is 22.1 Å². The normalized spacial score (nSPS) is 9.67. The van der Waals surface area contributed by atoms with E-state index in [9.17, 15) is 4.79 Å². The molecule has 1 heterocycles. The van der Waals surface area contributed by atoms with Crippen LogP contribution in [-0.4, -0.2) is 17.4 Å². The van der Waals surface area contributed by atoms with Crippen LogP contribution in [0.4, 0.5) is 5.69 Å². The molecule has 0 spiro atoms. The van der Waals surface area contributed by atoms with Gasteiger partial charge in [0, 0.05) is 17.3 Å². The molecule has 1 amide bonds.